The SMILES string of the molecule is CC1CN(C)c2ccccc2O1.CS(=O)(=O)O. The molecule has 1 unspecified atom stereocenters. The summed E-state index contributed by atoms with van der Waals surface area (Å²) < 4.78 is 31.5. The Labute approximate surface area is 102 Å². The van der Waals surface area contributed by atoms with Crippen molar-refractivity contribution in [2.75, 3.05) is 24.7 Å². The second-order valence-corrected chi connectivity index (χ2v) is 5.48. The van der Waals surface area contributed by atoms with Crippen LogP contribution in [0.25, 0.3) is 0 Å². The van der Waals surface area contributed by atoms with Gasteiger partial charge in [0.25, 0.3) is 10.1 Å². The van der Waals surface area contributed by atoms with E-state index in [-0.39, 0.29) is 0 Å². The molecule has 0 bridgehead atoms. The lowest BCUT2D eigenvalue weighted by molar-refractivity contribution is 0.215. The maximum absolute atomic E-state index is 9.19. The van der Waals surface area contributed by atoms with Crippen molar-refractivity contribution < 1.29 is 17.7 Å². The highest BCUT2D eigenvalue weighted by atomic mass is 32.2. The first-order valence-electron chi connectivity index (χ1n) is 5.16. The van der Waals surface area contributed by atoms with Crippen molar-refractivity contribution in [3.8, 4) is 5.75 Å². The minimum absolute atomic E-state index is 0.296. The van der Waals surface area contributed by atoms with Crippen molar-refractivity contribution >= 4 is 15.8 Å². The summed E-state index contributed by atoms with van der Waals surface area (Å²) in [5, 5.41) is 0. The number of likely N-dealkylation sites (N-methyl/N-ethyl adjacent to an activating group) is 1. The van der Waals surface area contributed by atoms with Crippen LogP contribution in [0.15, 0.2) is 24.3 Å². The molecular weight excluding hydrogens is 242 g/mol. The number of para-hydroxylation sites is 2. The van der Waals surface area contributed by atoms with Crippen molar-refractivity contribution in [3.05, 3.63) is 24.3 Å². The molecule has 96 valence electrons. The van der Waals surface area contributed by atoms with Crippen LogP contribution in [0.2, 0.25) is 0 Å². The molecule has 0 saturated carbocycles. The van der Waals surface area contributed by atoms with E-state index < -0.39 is 10.1 Å². The topological polar surface area (TPSA) is 66.8 Å². The quantitative estimate of drug-likeness (QED) is 0.713. The Kier molecular flexibility index (Phi) is 4.36. The van der Waals surface area contributed by atoms with Gasteiger partial charge in [-0.3, -0.25) is 4.55 Å². The minimum Gasteiger partial charge on any atom is -0.487 e. The van der Waals surface area contributed by atoms with Crippen LogP contribution in [0.3, 0.4) is 0 Å². The minimum atomic E-state index is -3.67. The Morgan fingerprint density at radius 3 is 2.53 bits per heavy atom. The second kappa shape index (κ2) is 5.37. The normalized spacial score (nSPS) is 18.6. The summed E-state index contributed by atoms with van der Waals surface area (Å²) in [6.07, 6.45) is 1.01. The van der Waals surface area contributed by atoms with E-state index >= 15 is 0 Å². The number of benzene rings is 1. The molecule has 0 radical (unpaired) electrons. The van der Waals surface area contributed by atoms with Gasteiger partial charge in [-0.25, -0.2) is 0 Å². The van der Waals surface area contributed by atoms with Crippen LogP contribution in [-0.2, 0) is 10.1 Å². The Balaban J connectivity index is 0.000000249. The smallest absolute Gasteiger partial charge is 0.261 e. The Hall–Kier alpha value is -1.27. The summed E-state index contributed by atoms with van der Waals surface area (Å²) in [5.41, 5.74) is 1.19. The van der Waals surface area contributed by atoms with E-state index in [1.54, 1.807) is 0 Å². The lowest BCUT2D eigenvalue weighted by Gasteiger charge is -2.31. The van der Waals surface area contributed by atoms with Gasteiger partial charge in [-0.15, -0.1) is 0 Å². The van der Waals surface area contributed by atoms with Gasteiger partial charge in [0, 0.05) is 7.05 Å². The fraction of sp³-hybridized carbons (Fsp3) is 0.455. The standard InChI is InChI=1S/C10H13NO.CH4O3S/c1-8-7-11(2)9-5-3-4-6-10(9)12-8;1-5(2,3)4/h3-6,8H,7H2,1-2H3;1H3,(H,2,3,4). The van der Waals surface area contributed by atoms with E-state index in [1.807, 2.05) is 18.2 Å². The zero-order valence-electron chi connectivity index (χ0n) is 10.1. The Bertz CT molecular complexity index is 464. The van der Waals surface area contributed by atoms with Gasteiger partial charge in [-0.05, 0) is 19.1 Å². The molecule has 1 N–H and O–H groups in total. The summed E-state index contributed by atoms with van der Waals surface area (Å²) in [5.74, 6) is 0.999. The molecule has 5 nitrogen and oxygen atoms in total. The maximum Gasteiger partial charge on any atom is 0.261 e. The van der Waals surface area contributed by atoms with Gasteiger partial charge < -0.3 is 9.64 Å². The summed E-state index contributed by atoms with van der Waals surface area (Å²) >= 11 is 0. The molecule has 0 saturated heterocycles. The van der Waals surface area contributed by atoms with Crippen LogP contribution in [0.4, 0.5) is 5.69 Å². The average molecular weight is 259 g/mol. The zero-order valence-corrected chi connectivity index (χ0v) is 10.9. The fourth-order valence-corrected chi connectivity index (χ4v) is 1.61. The molecule has 6 heteroatoms. The highest BCUT2D eigenvalue weighted by Gasteiger charge is 2.18. The molecule has 1 heterocycles. The van der Waals surface area contributed by atoms with Crippen LogP contribution in [-0.4, -0.2) is 38.9 Å². The first-order valence-corrected chi connectivity index (χ1v) is 7.01. The summed E-state index contributed by atoms with van der Waals surface area (Å²) in [4.78, 5) is 2.23. The molecule has 1 aliphatic heterocycles. The van der Waals surface area contributed by atoms with Gasteiger partial charge >= 0.3 is 0 Å². The first kappa shape index (κ1) is 13.8. The Morgan fingerprint density at radius 1 is 1.41 bits per heavy atom. The predicted molar refractivity (Wildman–Crippen MR) is 67.3 cm³/mol. The molecule has 1 aromatic rings. The van der Waals surface area contributed by atoms with Crippen LogP contribution in [0.5, 0.6) is 5.75 Å². The third-order valence-electron chi connectivity index (χ3n) is 2.14. The number of hydrogen-bond acceptors (Lipinski definition) is 4. The third-order valence-corrected chi connectivity index (χ3v) is 2.14. The number of ether oxygens (including phenoxy) is 1. The second-order valence-electron chi connectivity index (χ2n) is 4.01. The molecular formula is C11H17NO4S. The lowest BCUT2D eigenvalue weighted by atomic mass is 10.2. The predicted octanol–water partition coefficient (Wildman–Crippen LogP) is 1.41. The molecule has 1 atom stereocenters. The molecule has 1 aliphatic rings. The third kappa shape index (κ3) is 5.06. The van der Waals surface area contributed by atoms with Crippen LogP contribution in [0, 0.1) is 0 Å². The summed E-state index contributed by atoms with van der Waals surface area (Å²) in [7, 11) is -1.57. The van der Waals surface area contributed by atoms with Gasteiger partial charge in [0.1, 0.15) is 11.9 Å². The van der Waals surface area contributed by atoms with E-state index in [0.29, 0.717) is 12.4 Å². The largest absolute Gasteiger partial charge is 0.487 e. The van der Waals surface area contributed by atoms with Gasteiger partial charge in [0.15, 0.2) is 0 Å². The molecule has 0 aliphatic carbocycles. The van der Waals surface area contributed by atoms with Gasteiger partial charge in [0.05, 0.1) is 18.5 Å². The van der Waals surface area contributed by atoms with Crippen molar-refractivity contribution in [2.24, 2.45) is 0 Å². The van der Waals surface area contributed by atoms with Crippen molar-refractivity contribution in [1.82, 2.24) is 0 Å². The van der Waals surface area contributed by atoms with Crippen molar-refractivity contribution in [3.63, 3.8) is 0 Å². The van der Waals surface area contributed by atoms with E-state index in [1.165, 1.54) is 5.69 Å². The van der Waals surface area contributed by atoms with Crippen molar-refractivity contribution in [2.45, 2.75) is 13.0 Å². The molecule has 0 spiro atoms. The van der Waals surface area contributed by atoms with E-state index in [4.69, 9.17) is 9.29 Å². The van der Waals surface area contributed by atoms with Crippen LogP contribution in [0.1, 0.15) is 6.92 Å². The average Bonchev–Trinajstić information content (AvgIpc) is 2.14. The number of nitrogens with zero attached hydrogens (tertiary/aromatic N) is 1. The number of hydrogen-bond donors (Lipinski definition) is 1. The van der Waals surface area contributed by atoms with E-state index in [2.05, 4.69) is 24.9 Å². The summed E-state index contributed by atoms with van der Waals surface area (Å²) in [6, 6.07) is 8.14. The van der Waals surface area contributed by atoms with Gasteiger partial charge in [0.2, 0.25) is 0 Å². The molecule has 1 aromatic carbocycles. The van der Waals surface area contributed by atoms with E-state index in [0.717, 1.165) is 12.3 Å². The molecule has 2 rings (SSSR count). The number of anilines is 1. The molecule has 0 fully saturated rings. The molecule has 17 heavy (non-hydrogen) atoms. The zero-order chi connectivity index (χ0) is 13.1. The number of fused-ring (bicyclic) bond motifs is 1. The van der Waals surface area contributed by atoms with Crippen molar-refractivity contribution in [1.29, 1.82) is 0 Å². The van der Waals surface area contributed by atoms with E-state index in [9.17, 15) is 8.42 Å². The van der Waals surface area contributed by atoms with Crippen LogP contribution >= 0.6 is 0 Å². The highest BCUT2D eigenvalue weighted by Crippen LogP contribution is 2.31. The van der Waals surface area contributed by atoms with Gasteiger partial charge in [-0.2, -0.15) is 8.42 Å². The van der Waals surface area contributed by atoms with Crippen LogP contribution < -0.4 is 9.64 Å². The lowest BCUT2D eigenvalue weighted by Crippen LogP contribution is -2.35. The fourth-order valence-electron chi connectivity index (χ4n) is 1.61. The molecule has 0 aromatic heterocycles. The van der Waals surface area contributed by atoms with Gasteiger partial charge in [-0.1, -0.05) is 12.1 Å². The highest BCUT2D eigenvalue weighted by molar-refractivity contribution is 7.85. The molecule has 0 amide bonds. The number of rotatable bonds is 0. The first-order chi connectivity index (χ1) is 7.77. The monoisotopic (exact) mass is 259 g/mol. The maximum atomic E-state index is 9.19. The summed E-state index contributed by atoms with van der Waals surface area (Å²) in [6.45, 7) is 3.06. The Morgan fingerprint density at radius 2 is 1.94 bits per heavy atom.